The van der Waals surface area contributed by atoms with Crippen molar-refractivity contribution in [1.82, 2.24) is 25.0 Å². The second-order valence-corrected chi connectivity index (χ2v) is 7.00. The van der Waals surface area contributed by atoms with E-state index in [0.29, 0.717) is 13.1 Å². The van der Waals surface area contributed by atoms with E-state index < -0.39 is 0 Å². The van der Waals surface area contributed by atoms with Gasteiger partial charge in [0.2, 0.25) is 5.91 Å². The first-order valence-corrected chi connectivity index (χ1v) is 9.55. The summed E-state index contributed by atoms with van der Waals surface area (Å²) in [4.78, 5) is 18.4. The predicted molar refractivity (Wildman–Crippen MR) is 109 cm³/mol. The lowest BCUT2D eigenvalue weighted by Crippen LogP contribution is -2.39. The molecular formula is C22H22FN5O. The van der Waals surface area contributed by atoms with Gasteiger partial charge in [0, 0.05) is 43.8 Å². The van der Waals surface area contributed by atoms with Gasteiger partial charge in [-0.15, -0.1) is 0 Å². The Morgan fingerprint density at radius 1 is 1.17 bits per heavy atom. The Balaban J connectivity index is 1.30. The number of hydrogen-bond acceptors (Lipinski definition) is 4. The van der Waals surface area contributed by atoms with E-state index in [1.54, 1.807) is 29.2 Å². The highest BCUT2D eigenvalue weighted by molar-refractivity contribution is 5.78. The molecule has 0 aliphatic carbocycles. The van der Waals surface area contributed by atoms with Crippen molar-refractivity contribution in [3.05, 3.63) is 84.2 Å². The summed E-state index contributed by atoms with van der Waals surface area (Å²) in [6, 6.07) is 10.0. The van der Waals surface area contributed by atoms with E-state index in [1.807, 2.05) is 24.5 Å². The van der Waals surface area contributed by atoms with Gasteiger partial charge in [0.15, 0.2) is 0 Å². The molecule has 0 saturated carbocycles. The Labute approximate surface area is 168 Å². The molecule has 7 heteroatoms. The van der Waals surface area contributed by atoms with Gasteiger partial charge in [0.1, 0.15) is 5.82 Å². The van der Waals surface area contributed by atoms with Crippen molar-refractivity contribution in [2.24, 2.45) is 0 Å². The number of aromatic nitrogens is 3. The highest BCUT2D eigenvalue weighted by Gasteiger charge is 2.16. The van der Waals surface area contributed by atoms with Crippen LogP contribution in [0.3, 0.4) is 0 Å². The van der Waals surface area contributed by atoms with Gasteiger partial charge in [-0.1, -0.05) is 12.1 Å². The average Bonchev–Trinajstić information content (AvgIpc) is 3.24. The maximum Gasteiger partial charge on any atom is 0.234 e. The highest BCUT2D eigenvalue weighted by atomic mass is 19.1. The van der Waals surface area contributed by atoms with Crippen molar-refractivity contribution in [1.29, 1.82) is 0 Å². The monoisotopic (exact) mass is 391 g/mol. The summed E-state index contributed by atoms with van der Waals surface area (Å²) >= 11 is 0. The van der Waals surface area contributed by atoms with Crippen LogP contribution in [0, 0.1) is 5.82 Å². The second kappa shape index (κ2) is 8.79. The Kier molecular flexibility index (Phi) is 5.76. The van der Waals surface area contributed by atoms with Crippen molar-refractivity contribution < 1.29 is 9.18 Å². The fraction of sp³-hybridized carbons (Fsp3) is 0.227. The number of amides is 1. The van der Waals surface area contributed by atoms with Gasteiger partial charge in [-0.2, -0.15) is 5.10 Å². The number of hydrogen-bond donors (Lipinski definition) is 1. The van der Waals surface area contributed by atoms with Crippen molar-refractivity contribution in [2.75, 3.05) is 19.6 Å². The van der Waals surface area contributed by atoms with Crippen LogP contribution in [-0.2, 0) is 11.3 Å². The number of carbonyl (C=O) groups excluding carboxylic acids is 1. The van der Waals surface area contributed by atoms with E-state index in [-0.39, 0.29) is 11.7 Å². The summed E-state index contributed by atoms with van der Waals surface area (Å²) in [5, 5.41) is 7.32. The van der Waals surface area contributed by atoms with Gasteiger partial charge in [-0.25, -0.2) is 9.07 Å². The zero-order valence-electron chi connectivity index (χ0n) is 16.0. The summed E-state index contributed by atoms with van der Waals surface area (Å²) in [5.74, 6) is -0.254. The lowest BCUT2D eigenvalue weighted by molar-refractivity contribution is -0.122. The molecule has 0 fully saturated rings. The molecule has 148 valence electrons. The average molecular weight is 391 g/mol. The SMILES string of the molecule is O=C(CN1CC=C(c2cnn(-c3ccc(F)cc3)c2)CC1)NCc1cccnc1. The fourth-order valence-electron chi connectivity index (χ4n) is 3.30. The molecule has 0 saturated heterocycles. The first-order chi connectivity index (χ1) is 14.2. The molecule has 1 aromatic carbocycles. The molecule has 1 amide bonds. The number of halogens is 1. The Morgan fingerprint density at radius 3 is 2.76 bits per heavy atom. The number of nitrogens with zero attached hydrogens (tertiary/aromatic N) is 4. The molecular weight excluding hydrogens is 369 g/mol. The lowest BCUT2D eigenvalue weighted by atomic mass is 10.0. The standard InChI is InChI=1S/C22H22FN5O/c23-20-3-5-21(6-4-20)28-15-19(14-26-28)18-7-10-27(11-8-18)16-22(29)25-13-17-2-1-9-24-12-17/h1-7,9,12,14-15H,8,10-11,13,16H2,(H,25,29). The molecule has 3 heterocycles. The molecule has 0 spiro atoms. The molecule has 4 rings (SSSR count). The Bertz CT molecular complexity index is 998. The summed E-state index contributed by atoms with van der Waals surface area (Å²) in [5.41, 5.74) is 4.07. The Morgan fingerprint density at radius 2 is 2.03 bits per heavy atom. The van der Waals surface area contributed by atoms with Gasteiger partial charge in [-0.3, -0.25) is 14.7 Å². The molecule has 2 aromatic heterocycles. The van der Waals surface area contributed by atoms with E-state index in [1.165, 1.54) is 17.7 Å². The summed E-state index contributed by atoms with van der Waals surface area (Å²) < 4.78 is 14.8. The first kappa shape index (κ1) is 19.0. The minimum atomic E-state index is -0.263. The van der Waals surface area contributed by atoms with Gasteiger partial charge in [0.25, 0.3) is 0 Å². The smallest absolute Gasteiger partial charge is 0.234 e. The largest absolute Gasteiger partial charge is 0.351 e. The van der Waals surface area contributed by atoms with Crippen molar-refractivity contribution in [2.45, 2.75) is 13.0 Å². The van der Waals surface area contributed by atoms with Crippen LogP contribution < -0.4 is 5.32 Å². The van der Waals surface area contributed by atoms with Crippen LogP contribution in [-0.4, -0.2) is 45.2 Å². The molecule has 1 aliphatic heterocycles. The Hall–Kier alpha value is -3.32. The van der Waals surface area contributed by atoms with E-state index in [4.69, 9.17) is 0 Å². The number of pyridine rings is 1. The third-order valence-electron chi connectivity index (χ3n) is 4.92. The fourth-order valence-corrected chi connectivity index (χ4v) is 3.30. The van der Waals surface area contributed by atoms with Crippen molar-refractivity contribution in [3.8, 4) is 5.69 Å². The molecule has 0 atom stereocenters. The first-order valence-electron chi connectivity index (χ1n) is 9.55. The molecule has 1 N–H and O–H groups in total. The van der Waals surface area contributed by atoms with Crippen LogP contribution in [0.1, 0.15) is 17.5 Å². The molecule has 0 bridgehead atoms. The van der Waals surface area contributed by atoms with Crippen molar-refractivity contribution >= 4 is 11.5 Å². The molecule has 1 aliphatic rings. The van der Waals surface area contributed by atoms with Crippen LogP contribution in [0.4, 0.5) is 4.39 Å². The lowest BCUT2D eigenvalue weighted by Gasteiger charge is -2.25. The summed E-state index contributed by atoms with van der Waals surface area (Å²) in [6.45, 7) is 2.40. The second-order valence-electron chi connectivity index (χ2n) is 7.00. The zero-order valence-corrected chi connectivity index (χ0v) is 16.0. The molecule has 0 unspecified atom stereocenters. The molecule has 6 nitrogen and oxygen atoms in total. The highest BCUT2D eigenvalue weighted by Crippen LogP contribution is 2.22. The van der Waals surface area contributed by atoms with Gasteiger partial charge in [0.05, 0.1) is 18.4 Å². The van der Waals surface area contributed by atoms with Crippen molar-refractivity contribution in [3.63, 3.8) is 0 Å². The molecule has 3 aromatic rings. The summed E-state index contributed by atoms with van der Waals surface area (Å²) in [7, 11) is 0. The van der Waals surface area contributed by atoms with Crippen LogP contribution in [0.2, 0.25) is 0 Å². The molecule has 29 heavy (non-hydrogen) atoms. The van der Waals surface area contributed by atoms with E-state index in [2.05, 4.69) is 26.4 Å². The van der Waals surface area contributed by atoms with E-state index in [9.17, 15) is 9.18 Å². The number of nitrogens with one attached hydrogen (secondary N) is 1. The normalized spacial score (nSPS) is 14.4. The minimum absolute atomic E-state index is 0.00910. The van der Waals surface area contributed by atoms with Gasteiger partial charge < -0.3 is 5.32 Å². The van der Waals surface area contributed by atoms with Crippen LogP contribution in [0.5, 0.6) is 0 Å². The predicted octanol–water partition coefficient (Wildman–Crippen LogP) is 2.81. The van der Waals surface area contributed by atoms with E-state index >= 15 is 0 Å². The van der Waals surface area contributed by atoms with Crippen LogP contribution in [0.15, 0.2) is 67.3 Å². The molecule has 0 radical (unpaired) electrons. The topological polar surface area (TPSA) is 63.1 Å². The third kappa shape index (κ3) is 4.94. The maximum atomic E-state index is 13.1. The van der Waals surface area contributed by atoms with Gasteiger partial charge in [-0.05, 0) is 47.9 Å². The van der Waals surface area contributed by atoms with Gasteiger partial charge >= 0.3 is 0 Å². The summed E-state index contributed by atoms with van der Waals surface area (Å²) in [6.07, 6.45) is 10.2. The minimum Gasteiger partial charge on any atom is -0.351 e. The zero-order chi connectivity index (χ0) is 20.1. The number of carbonyl (C=O) groups is 1. The number of benzene rings is 1. The van der Waals surface area contributed by atoms with Crippen LogP contribution >= 0.6 is 0 Å². The quantitative estimate of drug-likeness (QED) is 0.702. The van der Waals surface area contributed by atoms with Crippen LogP contribution in [0.25, 0.3) is 11.3 Å². The maximum absolute atomic E-state index is 13.1. The third-order valence-corrected chi connectivity index (χ3v) is 4.92. The number of rotatable bonds is 6. The van der Waals surface area contributed by atoms with E-state index in [0.717, 1.165) is 36.3 Å².